The highest BCUT2D eigenvalue weighted by Crippen LogP contribution is 2.28. The molecule has 18 heavy (non-hydrogen) atoms. The Labute approximate surface area is 111 Å². The number of hydrogen-bond donors (Lipinski definition) is 1. The van der Waals surface area contributed by atoms with E-state index in [2.05, 4.69) is 4.98 Å². The van der Waals surface area contributed by atoms with Crippen LogP contribution in [0.1, 0.15) is 24.2 Å². The third-order valence-electron chi connectivity index (χ3n) is 2.54. The maximum atomic E-state index is 9.68. The summed E-state index contributed by atoms with van der Waals surface area (Å²) < 4.78 is 5.68. The van der Waals surface area contributed by atoms with Gasteiger partial charge in [0.05, 0.1) is 6.10 Å². The van der Waals surface area contributed by atoms with Crippen LogP contribution in [0.2, 0.25) is 5.02 Å². The van der Waals surface area contributed by atoms with Gasteiger partial charge in [-0.1, -0.05) is 17.7 Å². The Morgan fingerprint density at radius 2 is 2.22 bits per heavy atom. The Morgan fingerprint density at radius 1 is 1.39 bits per heavy atom. The van der Waals surface area contributed by atoms with E-state index in [1.807, 2.05) is 12.1 Å². The van der Waals surface area contributed by atoms with E-state index in [4.69, 9.17) is 16.3 Å². The summed E-state index contributed by atoms with van der Waals surface area (Å²) in [4.78, 5) is 4.02. The first-order chi connectivity index (χ1) is 8.66. The second-order valence-corrected chi connectivity index (χ2v) is 4.44. The average Bonchev–Trinajstić information content (AvgIpc) is 2.38. The Balaban J connectivity index is 2.14. The maximum Gasteiger partial charge on any atom is 0.125 e. The van der Waals surface area contributed by atoms with E-state index in [0.717, 1.165) is 5.56 Å². The van der Waals surface area contributed by atoms with Crippen molar-refractivity contribution in [2.24, 2.45) is 0 Å². The standard InChI is InChI=1S/C14H14ClNO2/c1-10(17)13-7-12(15)4-5-14(13)18-9-11-3-2-6-16-8-11/h2-8,10,17H,9H2,1H3/t10-/m0/s1. The SMILES string of the molecule is C[C@H](O)c1cc(Cl)ccc1OCc1cccnc1. The van der Waals surface area contributed by atoms with Crippen LogP contribution in [0, 0.1) is 0 Å². The molecule has 0 unspecified atom stereocenters. The molecule has 0 bridgehead atoms. The number of aromatic nitrogens is 1. The molecule has 1 atom stereocenters. The molecule has 2 aromatic rings. The number of rotatable bonds is 4. The van der Waals surface area contributed by atoms with Gasteiger partial charge in [-0.15, -0.1) is 0 Å². The number of aliphatic hydroxyl groups is 1. The van der Waals surface area contributed by atoms with Gasteiger partial charge in [0.25, 0.3) is 0 Å². The van der Waals surface area contributed by atoms with Crippen molar-refractivity contribution < 1.29 is 9.84 Å². The highest BCUT2D eigenvalue weighted by atomic mass is 35.5. The largest absolute Gasteiger partial charge is 0.488 e. The molecule has 0 saturated carbocycles. The minimum absolute atomic E-state index is 0.412. The smallest absolute Gasteiger partial charge is 0.125 e. The van der Waals surface area contributed by atoms with Crippen molar-refractivity contribution in [2.45, 2.75) is 19.6 Å². The molecule has 0 fully saturated rings. The molecule has 2 rings (SSSR count). The quantitative estimate of drug-likeness (QED) is 0.920. The molecule has 0 amide bonds. The highest BCUT2D eigenvalue weighted by Gasteiger charge is 2.10. The van der Waals surface area contributed by atoms with Crippen LogP contribution in [0.15, 0.2) is 42.7 Å². The predicted octanol–water partition coefficient (Wildman–Crippen LogP) is 3.37. The number of aliphatic hydroxyl groups excluding tert-OH is 1. The van der Waals surface area contributed by atoms with Crippen molar-refractivity contribution in [3.8, 4) is 5.75 Å². The lowest BCUT2D eigenvalue weighted by Gasteiger charge is -2.13. The first-order valence-electron chi connectivity index (χ1n) is 5.66. The monoisotopic (exact) mass is 263 g/mol. The first kappa shape index (κ1) is 12.9. The van der Waals surface area contributed by atoms with Crippen LogP contribution in [-0.2, 0) is 6.61 Å². The summed E-state index contributed by atoms with van der Waals surface area (Å²) in [7, 11) is 0. The highest BCUT2D eigenvalue weighted by molar-refractivity contribution is 6.30. The molecule has 1 aromatic carbocycles. The molecular formula is C14H14ClNO2. The van der Waals surface area contributed by atoms with E-state index in [-0.39, 0.29) is 0 Å². The minimum Gasteiger partial charge on any atom is -0.488 e. The van der Waals surface area contributed by atoms with Gasteiger partial charge >= 0.3 is 0 Å². The lowest BCUT2D eigenvalue weighted by atomic mass is 10.1. The fourth-order valence-corrected chi connectivity index (χ4v) is 1.80. The Hall–Kier alpha value is -1.58. The van der Waals surface area contributed by atoms with Gasteiger partial charge in [-0.3, -0.25) is 4.98 Å². The fraction of sp³-hybridized carbons (Fsp3) is 0.214. The first-order valence-corrected chi connectivity index (χ1v) is 6.04. The Kier molecular flexibility index (Phi) is 4.18. The van der Waals surface area contributed by atoms with E-state index in [0.29, 0.717) is 22.9 Å². The average molecular weight is 264 g/mol. The number of hydrogen-bond acceptors (Lipinski definition) is 3. The second kappa shape index (κ2) is 5.85. The summed E-state index contributed by atoms with van der Waals surface area (Å²) in [6.07, 6.45) is 2.85. The molecule has 1 aromatic heterocycles. The summed E-state index contributed by atoms with van der Waals surface area (Å²) in [6.45, 7) is 2.10. The summed E-state index contributed by atoms with van der Waals surface area (Å²) >= 11 is 5.90. The number of halogens is 1. The Bertz CT molecular complexity index is 514. The summed E-state index contributed by atoms with van der Waals surface area (Å²) in [6, 6.07) is 9.01. The van der Waals surface area contributed by atoms with Crippen molar-refractivity contribution >= 4 is 11.6 Å². The molecule has 0 aliphatic rings. The van der Waals surface area contributed by atoms with Gasteiger partial charge in [-0.2, -0.15) is 0 Å². The Morgan fingerprint density at radius 3 is 2.89 bits per heavy atom. The maximum absolute atomic E-state index is 9.68. The van der Waals surface area contributed by atoms with Crippen LogP contribution in [0.25, 0.3) is 0 Å². The second-order valence-electron chi connectivity index (χ2n) is 4.01. The number of pyridine rings is 1. The van der Waals surface area contributed by atoms with Gasteiger partial charge in [0, 0.05) is 28.5 Å². The van der Waals surface area contributed by atoms with Crippen molar-refractivity contribution in [1.82, 2.24) is 4.98 Å². The zero-order chi connectivity index (χ0) is 13.0. The van der Waals surface area contributed by atoms with Gasteiger partial charge < -0.3 is 9.84 Å². The van der Waals surface area contributed by atoms with Crippen molar-refractivity contribution in [2.75, 3.05) is 0 Å². The third-order valence-corrected chi connectivity index (χ3v) is 2.77. The fourth-order valence-electron chi connectivity index (χ4n) is 1.62. The van der Waals surface area contributed by atoms with Gasteiger partial charge in [0.1, 0.15) is 12.4 Å². The third kappa shape index (κ3) is 3.22. The van der Waals surface area contributed by atoms with Gasteiger partial charge in [0.2, 0.25) is 0 Å². The lowest BCUT2D eigenvalue weighted by molar-refractivity contribution is 0.190. The molecule has 1 heterocycles. The van der Waals surface area contributed by atoms with Crippen molar-refractivity contribution in [1.29, 1.82) is 0 Å². The van der Waals surface area contributed by atoms with Crippen LogP contribution in [0.3, 0.4) is 0 Å². The molecule has 94 valence electrons. The molecule has 4 heteroatoms. The molecule has 0 spiro atoms. The van der Waals surface area contributed by atoms with E-state index >= 15 is 0 Å². The zero-order valence-electron chi connectivity index (χ0n) is 10.0. The lowest BCUT2D eigenvalue weighted by Crippen LogP contribution is -2.01. The molecular weight excluding hydrogens is 250 g/mol. The summed E-state index contributed by atoms with van der Waals surface area (Å²) in [5.41, 5.74) is 1.66. The molecule has 0 saturated heterocycles. The minimum atomic E-state index is -0.618. The summed E-state index contributed by atoms with van der Waals surface area (Å²) in [5.74, 6) is 0.637. The van der Waals surface area contributed by atoms with E-state index in [1.54, 1.807) is 37.5 Å². The molecule has 0 aliphatic heterocycles. The van der Waals surface area contributed by atoms with Crippen LogP contribution in [0.4, 0.5) is 0 Å². The van der Waals surface area contributed by atoms with Crippen molar-refractivity contribution in [3.05, 3.63) is 58.9 Å². The van der Waals surface area contributed by atoms with Crippen LogP contribution < -0.4 is 4.74 Å². The summed E-state index contributed by atoms with van der Waals surface area (Å²) in [5, 5.41) is 10.3. The zero-order valence-corrected chi connectivity index (χ0v) is 10.8. The topological polar surface area (TPSA) is 42.4 Å². The van der Waals surface area contributed by atoms with Gasteiger partial charge in [-0.05, 0) is 31.2 Å². The van der Waals surface area contributed by atoms with E-state index in [1.165, 1.54) is 0 Å². The molecule has 0 aliphatic carbocycles. The van der Waals surface area contributed by atoms with Crippen molar-refractivity contribution in [3.63, 3.8) is 0 Å². The van der Waals surface area contributed by atoms with Gasteiger partial charge in [-0.25, -0.2) is 0 Å². The van der Waals surface area contributed by atoms with E-state index in [9.17, 15) is 5.11 Å². The van der Waals surface area contributed by atoms with Crippen LogP contribution in [0.5, 0.6) is 5.75 Å². The number of benzene rings is 1. The van der Waals surface area contributed by atoms with Crippen LogP contribution >= 0.6 is 11.6 Å². The normalized spacial score (nSPS) is 12.2. The molecule has 0 radical (unpaired) electrons. The predicted molar refractivity (Wildman–Crippen MR) is 70.7 cm³/mol. The molecule has 3 nitrogen and oxygen atoms in total. The molecule has 1 N–H and O–H groups in total. The van der Waals surface area contributed by atoms with E-state index < -0.39 is 6.10 Å². The number of ether oxygens (including phenoxy) is 1. The van der Waals surface area contributed by atoms with Crippen LogP contribution in [-0.4, -0.2) is 10.1 Å². The van der Waals surface area contributed by atoms with Gasteiger partial charge in [0.15, 0.2) is 0 Å². The number of nitrogens with zero attached hydrogens (tertiary/aromatic N) is 1.